The minimum Gasteiger partial charge on any atom is -0.480 e. The average molecular weight is 1870 g/mol. The van der Waals surface area contributed by atoms with Gasteiger partial charge in [-0.1, -0.05) is 69.5 Å². The van der Waals surface area contributed by atoms with Crippen LogP contribution in [0.3, 0.4) is 0 Å². The molecule has 0 spiro atoms. The SMILES string of the molecule is COc1cn2c3ccccc3c3ccc[c-]c3c2n1.CSc1cn2c3ccccc3c3ccc[c-]c3c2n1.Clc1ccc2c(c1)c1ccc[c-]c1c1nccn21.Ic1ccc2c(c1)c1ccc[c-]c1c1nccn21.[Ir].[Ir].[Ir].[Ir]. The van der Waals surface area contributed by atoms with E-state index < -0.39 is 0 Å². The summed E-state index contributed by atoms with van der Waals surface area (Å²) in [5.41, 5.74) is 8.39. The predicted molar refractivity (Wildman–Crippen MR) is 312 cm³/mol. The summed E-state index contributed by atoms with van der Waals surface area (Å²) in [6.07, 6.45) is 13.7. The number of hydrogen-bond donors (Lipinski definition) is 0. The van der Waals surface area contributed by atoms with Crippen LogP contribution >= 0.6 is 46.0 Å². The molecule has 392 valence electrons. The van der Waals surface area contributed by atoms with E-state index in [4.69, 9.17) is 21.3 Å². The third-order valence-electron chi connectivity index (χ3n) is 13.3. The summed E-state index contributed by atoms with van der Waals surface area (Å²) in [5.74, 6) is 0.620. The molecular formula is C62H38ClIIr4N8OS-4. The number of ether oxygens (including phenoxy) is 1. The second-order valence-corrected chi connectivity index (χ2v) is 19.9. The molecule has 16 heteroatoms. The van der Waals surface area contributed by atoms with Crippen molar-refractivity contribution >= 4 is 155 Å². The van der Waals surface area contributed by atoms with Crippen LogP contribution in [0.5, 0.6) is 5.88 Å². The second kappa shape index (κ2) is 24.4. The van der Waals surface area contributed by atoms with Crippen LogP contribution in [0.1, 0.15) is 0 Å². The molecule has 0 amide bonds. The zero-order chi connectivity index (χ0) is 49.9. The number of rotatable bonds is 2. The molecule has 16 aromatic rings. The first-order valence-corrected chi connectivity index (χ1v) is 26.3. The molecule has 8 aromatic heterocycles. The quantitative estimate of drug-likeness (QED) is 0.0743. The Morgan fingerprint density at radius 1 is 0.462 bits per heavy atom. The average Bonchev–Trinajstić information content (AvgIpc) is 4.47. The molecule has 0 unspecified atom stereocenters. The van der Waals surface area contributed by atoms with Gasteiger partial charge in [-0.15, -0.1) is 130 Å². The zero-order valence-corrected chi connectivity index (χ0v) is 54.3. The Hall–Kier alpha value is -5.63. The van der Waals surface area contributed by atoms with Crippen LogP contribution in [0.15, 0.2) is 200 Å². The van der Waals surface area contributed by atoms with Crippen molar-refractivity contribution in [2.45, 2.75) is 5.03 Å². The monoisotopic (exact) mass is 1880 g/mol. The van der Waals surface area contributed by atoms with Crippen molar-refractivity contribution in [3.8, 4) is 5.88 Å². The van der Waals surface area contributed by atoms with Gasteiger partial charge < -0.3 is 22.3 Å². The van der Waals surface area contributed by atoms with Gasteiger partial charge in [-0.05, 0) is 98.9 Å². The van der Waals surface area contributed by atoms with Crippen molar-refractivity contribution in [1.82, 2.24) is 37.5 Å². The minimum absolute atomic E-state index is 0. The predicted octanol–water partition coefficient (Wildman–Crippen LogP) is 15.7. The fourth-order valence-electron chi connectivity index (χ4n) is 10.1. The fourth-order valence-corrected chi connectivity index (χ4v) is 11.1. The van der Waals surface area contributed by atoms with E-state index in [0.29, 0.717) is 5.88 Å². The van der Waals surface area contributed by atoms with Crippen LogP contribution in [-0.4, -0.2) is 50.9 Å². The van der Waals surface area contributed by atoms with Crippen molar-refractivity contribution in [2.75, 3.05) is 13.4 Å². The molecule has 8 heterocycles. The van der Waals surface area contributed by atoms with Crippen LogP contribution in [-0.2, 0) is 80.4 Å². The number of aromatic nitrogens is 8. The Kier molecular flexibility index (Phi) is 17.8. The van der Waals surface area contributed by atoms with E-state index in [1.165, 1.54) is 46.9 Å². The fraction of sp³-hybridized carbons (Fsp3) is 0.0323. The molecule has 78 heavy (non-hydrogen) atoms. The number of fused-ring (bicyclic) bond motifs is 24. The molecular weight excluding hydrogens is 1840 g/mol. The first-order valence-electron chi connectivity index (χ1n) is 23.6. The standard InChI is InChI=1S/C16H11N2O.C16H11N2S.C15H8ClN2.C15H8IN2.4Ir/c2*1-19-15-10-18-14-9-5-4-7-12(14)11-6-2-3-8-13(11)16(18)17-15;2*16-10-5-6-14-13(9-10)11-3-1-2-4-12(11)15-17-7-8-18(14)15;;;;/h2*2-7,9-10H,1H3;2*1-3,5-9H;;;;/q4*-1;;;;. The number of benzene rings is 8. The summed E-state index contributed by atoms with van der Waals surface area (Å²) in [7, 11) is 1.63. The van der Waals surface area contributed by atoms with Crippen LogP contribution in [0.25, 0.3) is 109 Å². The molecule has 4 radical (unpaired) electrons. The maximum absolute atomic E-state index is 6.11. The first kappa shape index (κ1) is 57.1. The maximum Gasteiger partial charge on any atom is 0.221 e. The van der Waals surface area contributed by atoms with Crippen molar-refractivity contribution in [3.63, 3.8) is 0 Å². The van der Waals surface area contributed by atoms with Crippen LogP contribution in [0.2, 0.25) is 5.02 Å². The molecule has 0 N–H and O–H groups in total. The molecule has 0 saturated heterocycles. The van der Waals surface area contributed by atoms with Crippen molar-refractivity contribution in [2.24, 2.45) is 0 Å². The summed E-state index contributed by atoms with van der Waals surface area (Å²) < 4.78 is 14.9. The molecule has 9 nitrogen and oxygen atoms in total. The van der Waals surface area contributed by atoms with Crippen molar-refractivity contribution in [3.05, 3.63) is 228 Å². The summed E-state index contributed by atoms with van der Waals surface area (Å²) >= 11 is 10.1. The molecule has 0 bridgehead atoms. The molecule has 0 atom stereocenters. The normalized spacial score (nSPS) is 11.0. The number of para-hydroxylation sites is 2. The van der Waals surface area contributed by atoms with Gasteiger partial charge in [0.1, 0.15) is 5.03 Å². The van der Waals surface area contributed by atoms with Crippen LogP contribution < -0.4 is 4.74 Å². The van der Waals surface area contributed by atoms with E-state index in [9.17, 15) is 0 Å². The molecule has 8 aromatic carbocycles. The van der Waals surface area contributed by atoms with Gasteiger partial charge in [0.05, 0.1) is 35.9 Å². The van der Waals surface area contributed by atoms with E-state index in [1.807, 2.05) is 104 Å². The Labute approximate surface area is 524 Å². The van der Waals surface area contributed by atoms with Gasteiger partial charge in [0.2, 0.25) is 5.88 Å². The topological polar surface area (TPSA) is 78.4 Å². The van der Waals surface area contributed by atoms with E-state index in [0.717, 1.165) is 76.0 Å². The molecule has 0 aliphatic heterocycles. The maximum atomic E-state index is 6.11. The van der Waals surface area contributed by atoms with E-state index in [1.54, 1.807) is 18.9 Å². The molecule has 0 fully saturated rings. The van der Waals surface area contributed by atoms with Gasteiger partial charge in [-0.2, -0.15) is 0 Å². The smallest absolute Gasteiger partial charge is 0.221 e. The van der Waals surface area contributed by atoms with Gasteiger partial charge in [0, 0.05) is 142 Å². The second-order valence-electron chi connectivity index (χ2n) is 17.4. The molecule has 0 aliphatic rings. The summed E-state index contributed by atoms with van der Waals surface area (Å²) in [6.45, 7) is 0. The van der Waals surface area contributed by atoms with E-state index >= 15 is 0 Å². The third-order valence-corrected chi connectivity index (χ3v) is 14.8. The third kappa shape index (κ3) is 10.2. The minimum atomic E-state index is 0. The Morgan fingerprint density at radius 2 is 0.885 bits per heavy atom. The van der Waals surface area contributed by atoms with Gasteiger partial charge in [-0.3, -0.25) is 15.0 Å². The van der Waals surface area contributed by atoms with Crippen molar-refractivity contribution in [1.29, 1.82) is 0 Å². The Bertz CT molecular complexity index is 4400. The number of thioether (sulfide) groups is 1. The van der Waals surface area contributed by atoms with Gasteiger partial charge >= 0.3 is 0 Å². The van der Waals surface area contributed by atoms with Crippen LogP contribution in [0, 0.1) is 27.8 Å². The molecule has 0 saturated carbocycles. The number of halogens is 2. The van der Waals surface area contributed by atoms with Crippen molar-refractivity contribution < 1.29 is 85.2 Å². The number of methoxy groups -OCH3 is 1. The van der Waals surface area contributed by atoms with Gasteiger partial charge in [0.25, 0.3) is 0 Å². The van der Waals surface area contributed by atoms with Gasteiger partial charge in [0.15, 0.2) is 0 Å². The van der Waals surface area contributed by atoms with Crippen LogP contribution in [0.4, 0.5) is 0 Å². The molecule has 0 aliphatic carbocycles. The van der Waals surface area contributed by atoms with Gasteiger partial charge in [-0.25, -0.2) is 4.98 Å². The first-order chi connectivity index (χ1) is 36.4. The summed E-state index contributed by atoms with van der Waals surface area (Å²) in [6, 6.07) is 66.6. The summed E-state index contributed by atoms with van der Waals surface area (Å²) in [5, 5.41) is 15.5. The Morgan fingerprint density at radius 3 is 1.40 bits per heavy atom. The molecule has 16 rings (SSSR count). The van der Waals surface area contributed by atoms with E-state index in [2.05, 4.69) is 177 Å². The zero-order valence-electron chi connectivity index (χ0n) is 41.0. The number of hydrogen-bond acceptors (Lipinski definition) is 6. The number of imidazole rings is 4. The van der Waals surface area contributed by atoms with E-state index in [-0.39, 0.29) is 80.4 Å². The number of nitrogens with zero attached hydrogens (tertiary/aromatic N) is 8. The number of pyridine rings is 4. The summed E-state index contributed by atoms with van der Waals surface area (Å²) in [4.78, 5) is 18.1. The largest absolute Gasteiger partial charge is 0.480 e. The Balaban J connectivity index is 0.000000124.